The maximum atomic E-state index is 11.8. The van der Waals surface area contributed by atoms with E-state index in [4.69, 9.17) is 0 Å². The minimum atomic E-state index is 0.194. The third-order valence-corrected chi connectivity index (χ3v) is 3.44. The van der Waals surface area contributed by atoms with Crippen molar-refractivity contribution in [3.05, 3.63) is 0 Å². The number of nitrogens with one attached hydrogen (secondary N) is 2. The van der Waals surface area contributed by atoms with Gasteiger partial charge in [0.2, 0.25) is 5.91 Å². The molecule has 0 saturated carbocycles. The molecule has 1 aliphatic rings. The van der Waals surface area contributed by atoms with Gasteiger partial charge in [0.1, 0.15) is 0 Å². The number of piperidine rings is 1. The zero-order valence-electron chi connectivity index (χ0n) is 11.8. The standard InChI is InChI=1S/C14H28N2O/c1-11(12-7-5-6-10-15-12)16-13(17)8-9-14(2,3)4/h11-12,15H,5-10H2,1-4H3,(H,16,17). The fourth-order valence-corrected chi connectivity index (χ4v) is 2.22. The summed E-state index contributed by atoms with van der Waals surface area (Å²) >= 11 is 0. The second-order valence-corrected chi connectivity index (χ2v) is 6.47. The van der Waals surface area contributed by atoms with Crippen molar-refractivity contribution >= 4 is 5.91 Å². The van der Waals surface area contributed by atoms with Crippen molar-refractivity contribution in [3.63, 3.8) is 0 Å². The SMILES string of the molecule is CC(NC(=O)CCC(C)(C)C)C1CCCCN1. The molecule has 100 valence electrons. The van der Waals surface area contributed by atoms with E-state index in [1.54, 1.807) is 0 Å². The van der Waals surface area contributed by atoms with Crippen LogP contribution in [0.4, 0.5) is 0 Å². The van der Waals surface area contributed by atoms with E-state index in [0.29, 0.717) is 12.5 Å². The molecular formula is C14H28N2O. The molecule has 0 radical (unpaired) electrons. The van der Waals surface area contributed by atoms with Crippen molar-refractivity contribution in [2.24, 2.45) is 5.41 Å². The van der Waals surface area contributed by atoms with Crippen molar-refractivity contribution in [2.45, 2.75) is 71.9 Å². The molecule has 3 heteroatoms. The van der Waals surface area contributed by atoms with Crippen LogP contribution in [-0.2, 0) is 4.79 Å². The van der Waals surface area contributed by atoms with Gasteiger partial charge in [0.25, 0.3) is 0 Å². The first kappa shape index (κ1) is 14.5. The highest BCUT2D eigenvalue weighted by atomic mass is 16.1. The van der Waals surface area contributed by atoms with Gasteiger partial charge in [0.05, 0.1) is 0 Å². The number of carbonyl (C=O) groups is 1. The Kier molecular flexibility index (Phi) is 5.44. The molecule has 3 nitrogen and oxygen atoms in total. The maximum absolute atomic E-state index is 11.8. The zero-order chi connectivity index (χ0) is 12.9. The van der Waals surface area contributed by atoms with Crippen LogP contribution in [0.15, 0.2) is 0 Å². The summed E-state index contributed by atoms with van der Waals surface area (Å²) < 4.78 is 0. The van der Waals surface area contributed by atoms with Crippen LogP contribution in [0, 0.1) is 5.41 Å². The Bertz CT molecular complexity index is 239. The molecule has 0 aromatic heterocycles. The van der Waals surface area contributed by atoms with Crippen molar-refractivity contribution in [3.8, 4) is 0 Å². The van der Waals surface area contributed by atoms with E-state index in [0.717, 1.165) is 13.0 Å². The first-order chi connectivity index (χ1) is 7.88. The second kappa shape index (κ2) is 6.39. The lowest BCUT2D eigenvalue weighted by molar-refractivity contribution is -0.122. The zero-order valence-corrected chi connectivity index (χ0v) is 11.8. The average Bonchev–Trinajstić information content (AvgIpc) is 2.27. The third-order valence-electron chi connectivity index (χ3n) is 3.44. The van der Waals surface area contributed by atoms with E-state index in [2.05, 4.69) is 38.3 Å². The minimum absolute atomic E-state index is 0.194. The van der Waals surface area contributed by atoms with E-state index in [1.807, 2.05) is 0 Å². The molecule has 1 amide bonds. The Labute approximate surface area is 106 Å². The summed E-state index contributed by atoms with van der Waals surface area (Å²) in [7, 11) is 0. The summed E-state index contributed by atoms with van der Waals surface area (Å²) in [6.45, 7) is 9.72. The molecule has 1 aliphatic heterocycles. The van der Waals surface area contributed by atoms with Gasteiger partial charge in [-0.1, -0.05) is 27.2 Å². The summed E-state index contributed by atoms with van der Waals surface area (Å²) in [5, 5.41) is 6.60. The smallest absolute Gasteiger partial charge is 0.220 e. The normalized spacial score (nSPS) is 23.2. The van der Waals surface area contributed by atoms with E-state index in [-0.39, 0.29) is 17.4 Å². The molecule has 2 unspecified atom stereocenters. The molecule has 2 atom stereocenters. The number of amides is 1. The first-order valence-corrected chi connectivity index (χ1v) is 6.91. The Hall–Kier alpha value is -0.570. The molecule has 1 saturated heterocycles. The van der Waals surface area contributed by atoms with Crippen LogP contribution in [0.2, 0.25) is 0 Å². The monoisotopic (exact) mass is 240 g/mol. The van der Waals surface area contributed by atoms with Crippen molar-refractivity contribution in [2.75, 3.05) is 6.54 Å². The third kappa shape index (κ3) is 6.06. The van der Waals surface area contributed by atoms with Gasteiger partial charge in [-0.25, -0.2) is 0 Å². The summed E-state index contributed by atoms with van der Waals surface area (Å²) in [5.41, 5.74) is 0.240. The molecule has 1 rings (SSSR count). The second-order valence-electron chi connectivity index (χ2n) is 6.47. The van der Waals surface area contributed by atoms with Gasteiger partial charge in [-0.3, -0.25) is 4.79 Å². The number of hydrogen-bond acceptors (Lipinski definition) is 2. The lowest BCUT2D eigenvalue weighted by atomic mass is 9.90. The largest absolute Gasteiger partial charge is 0.352 e. The average molecular weight is 240 g/mol. The summed E-state index contributed by atoms with van der Waals surface area (Å²) in [5.74, 6) is 0.194. The fraction of sp³-hybridized carbons (Fsp3) is 0.929. The van der Waals surface area contributed by atoms with Crippen LogP contribution in [0.1, 0.15) is 59.8 Å². The molecule has 2 N–H and O–H groups in total. The van der Waals surface area contributed by atoms with Crippen LogP contribution in [0.5, 0.6) is 0 Å². The summed E-state index contributed by atoms with van der Waals surface area (Å²) in [6, 6.07) is 0.713. The molecule has 0 spiro atoms. The molecular weight excluding hydrogens is 212 g/mol. The molecule has 0 aromatic carbocycles. The predicted octanol–water partition coefficient (Wildman–Crippen LogP) is 2.46. The van der Waals surface area contributed by atoms with Crippen LogP contribution < -0.4 is 10.6 Å². The van der Waals surface area contributed by atoms with Crippen LogP contribution in [0.25, 0.3) is 0 Å². The van der Waals surface area contributed by atoms with E-state index in [9.17, 15) is 4.79 Å². The van der Waals surface area contributed by atoms with Gasteiger partial charge in [0, 0.05) is 18.5 Å². The van der Waals surface area contributed by atoms with Gasteiger partial charge < -0.3 is 10.6 Å². The van der Waals surface area contributed by atoms with Gasteiger partial charge >= 0.3 is 0 Å². The molecule has 0 aliphatic carbocycles. The van der Waals surface area contributed by atoms with Crippen molar-refractivity contribution in [1.29, 1.82) is 0 Å². The Morgan fingerprint density at radius 3 is 2.65 bits per heavy atom. The van der Waals surface area contributed by atoms with Gasteiger partial charge in [-0.15, -0.1) is 0 Å². The van der Waals surface area contributed by atoms with E-state index < -0.39 is 0 Å². The van der Waals surface area contributed by atoms with Gasteiger partial charge in [0.15, 0.2) is 0 Å². The minimum Gasteiger partial charge on any atom is -0.352 e. The highest BCUT2D eigenvalue weighted by Gasteiger charge is 2.21. The van der Waals surface area contributed by atoms with E-state index in [1.165, 1.54) is 19.3 Å². The van der Waals surface area contributed by atoms with Crippen LogP contribution >= 0.6 is 0 Å². The number of carbonyl (C=O) groups excluding carboxylic acids is 1. The van der Waals surface area contributed by atoms with Crippen LogP contribution in [-0.4, -0.2) is 24.5 Å². The quantitative estimate of drug-likeness (QED) is 0.792. The maximum Gasteiger partial charge on any atom is 0.220 e. The number of hydrogen-bond donors (Lipinski definition) is 2. The van der Waals surface area contributed by atoms with Crippen LogP contribution in [0.3, 0.4) is 0 Å². The molecule has 0 aromatic rings. The summed E-state index contributed by atoms with van der Waals surface area (Å²) in [4.78, 5) is 11.8. The fourth-order valence-electron chi connectivity index (χ4n) is 2.22. The van der Waals surface area contributed by atoms with Gasteiger partial charge in [-0.05, 0) is 38.1 Å². The molecule has 1 fully saturated rings. The lowest BCUT2D eigenvalue weighted by Gasteiger charge is -2.30. The predicted molar refractivity (Wildman–Crippen MR) is 71.9 cm³/mol. The molecule has 17 heavy (non-hydrogen) atoms. The van der Waals surface area contributed by atoms with Crippen molar-refractivity contribution in [1.82, 2.24) is 10.6 Å². The highest BCUT2D eigenvalue weighted by molar-refractivity contribution is 5.76. The first-order valence-electron chi connectivity index (χ1n) is 6.91. The molecule has 0 bridgehead atoms. The van der Waals surface area contributed by atoms with Crippen molar-refractivity contribution < 1.29 is 4.79 Å². The lowest BCUT2D eigenvalue weighted by Crippen LogP contribution is -2.50. The summed E-state index contributed by atoms with van der Waals surface area (Å²) in [6.07, 6.45) is 5.31. The number of rotatable bonds is 4. The van der Waals surface area contributed by atoms with E-state index >= 15 is 0 Å². The Morgan fingerprint density at radius 2 is 2.12 bits per heavy atom. The topological polar surface area (TPSA) is 41.1 Å². The van der Waals surface area contributed by atoms with Gasteiger partial charge in [-0.2, -0.15) is 0 Å². The Morgan fingerprint density at radius 1 is 1.41 bits per heavy atom. The Balaban J connectivity index is 2.25. The highest BCUT2D eigenvalue weighted by Crippen LogP contribution is 2.20. The molecule has 1 heterocycles.